The van der Waals surface area contributed by atoms with Gasteiger partial charge in [0, 0.05) is 17.9 Å². The predicted octanol–water partition coefficient (Wildman–Crippen LogP) is 2.70. The lowest BCUT2D eigenvalue weighted by Gasteiger charge is -2.32. The first kappa shape index (κ1) is 16.4. The van der Waals surface area contributed by atoms with Crippen molar-refractivity contribution in [1.82, 2.24) is 9.78 Å². The van der Waals surface area contributed by atoms with Gasteiger partial charge in [-0.1, -0.05) is 0 Å². The van der Waals surface area contributed by atoms with Crippen molar-refractivity contribution in [2.45, 2.75) is 64.5 Å². The Kier molecular flexibility index (Phi) is 3.91. The van der Waals surface area contributed by atoms with Crippen molar-refractivity contribution in [3.63, 3.8) is 0 Å². The SMILES string of the molecule is CC(CC(F)(F)F)n1cc(B2OC(C)(C)C(C)(C)O2)cn1. The topological polar surface area (TPSA) is 36.3 Å². The Morgan fingerprint density at radius 1 is 1.24 bits per heavy atom. The number of hydrogen-bond donors (Lipinski definition) is 0. The Bertz CT molecular complexity index is 498. The number of nitrogens with zero attached hydrogens (tertiary/aromatic N) is 2. The number of halogens is 3. The summed E-state index contributed by atoms with van der Waals surface area (Å²) in [7, 11) is -0.609. The van der Waals surface area contributed by atoms with Gasteiger partial charge >= 0.3 is 13.3 Å². The fourth-order valence-corrected chi connectivity index (χ4v) is 2.12. The summed E-state index contributed by atoms with van der Waals surface area (Å²) < 4.78 is 50.2. The van der Waals surface area contributed by atoms with Crippen LogP contribution in [0, 0.1) is 0 Å². The second-order valence-electron chi connectivity index (χ2n) is 6.51. The lowest BCUT2D eigenvalue weighted by molar-refractivity contribution is -0.142. The van der Waals surface area contributed by atoms with Gasteiger partial charge in [-0.2, -0.15) is 18.3 Å². The summed E-state index contributed by atoms with van der Waals surface area (Å²) in [6.07, 6.45) is -2.08. The molecule has 2 rings (SSSR count). The first-order valence-electron chi connectivity index (χ1n) is 6.88. The minimum absolute atomic E-state index is 0.489. The Morgan fingerprint density at radius 2 is 1.76 bits per heavy atom. The summed E-state index contributed by atoms with van der Waals surface area (Å²) in [6.45, 7) is 9.16. The summed E-state index contributed by atoms with van der Waals surface area (Å²) in [4.78, 5) is 0. The van der Waals surface area contributed by atoms with Crippen LogP contribution in [0.25, 0.3) is 0 Å². The first-order valence-corrected chi connectivity index (χ1v) is 6.88. The Hall–Kier alpha value is -1.02. The maximum Gasteiger partial charge on any atom is 0.498 e. The second kappa shape index (κ2) is 5.02. The van der Waals surface area contributed by atoms with Crippen molar-refractivity contribution in [3.05, 3.63) is 12.4 Å². The van der Waals surface area contributed by atoms with Crippen LogP contribution < -0.4 is 5.46 Å². The maximum absolute atomic E-state index is 12.4. The van der Waals surface area contributed by atoms with E-state index in [0.717, 1.165) is 0 Å². The zero-order valence-electron chi connectivity index (χ0n) is 12.9. The van der Waals surface area contributed by atoms with E-state index in [-0.39, 0.29) is 0 Å². The molecule has 8 heteroatoms. The van der Waals surface area contributed by atoms with Crippen molar-refractivity contribution in [3.8, 4) is 0 Å². The Morgan fingerprint density at radius 3 is 2.24 bits per heavy atom. The maximum atomic E-state index is 12.4. The highest BCUT2D eigenvalue weighted by Gasteiger charge is 2.52. The van der Waals surface area contributed by atoms with Gasteiger partial charge < -0.3 is 9.31 Å². The van der Waals surface area contributed by atoms with Gasteiger partial charge in [0.15, 0.2) is 0 Å². The number of rotatable bonds is 3. The molecule has 2 heterocycles. The molecule has 118 valence electrons. The van der Waals surface area contributed by atoms with E-state index < -0.39 is 37.0 Å². The van der Waals surface area contributed by atoms with E-state index in [2.05, 4.69) is 5.10 Å². The molecule has 0 amide bonds. The van der Waals surface area contributed by atoms with Gasteiger partial charge in [0.05, 0.1) is 23.7 Å². The molecule has 1 aliphatic heterocycles. The summed E-state index contributed by atoms with van der Waals surface area (Å²) in [6, 6.07) is -0.763. The highest BCUT2D eigenvalue weighted by molar-refractivity contribution is 6.61. The molecule has 4 nitrogen and oxygen atoms in total. The van der Waals surface area contributed by atoms with E-state index in [4.69, 9.17) is 9.31 Å². The quantitative estimate of drug-likeness (QED) is 0.806. The predicted molar refractivity (Wildman–Crippen MR) is 73.3 cm³/mol. The molecule has 1 fully saturated rings. The van der Waals surface area contributed by atoms with Crippen LogP contribution in [0.3, 0.4) is 0 Å². The van der Waals surface area contributed by atoms with E-state index in [9.17, 15) is 13.2 Å². The molecule has 21 heavy (non-hydrogen) atoms. The van der Waals surface area contributed by atoms with Crippen LogP contribution >= 0.6 is 0 Å². The summed E-state index contributed by atoms with van der Waals surface area (Å²) in [5.41, 5.74) is -0.350. The minimum atomic E-state index is -4.21. The third kappa shape index (κ3) is 3.43. The van der Waals surface area contributed by atoms with Crippen molar-refractivity contribution >= 4 is 12.6 Å². The van der Waals surface area contributed by atoms with Gasteiger partial charge in [-0.25, -0.2) is 0 Å². The molecule has 0 aliphatic carbocycles. The van der Waals surface area contributed by atoms with Gasteiger partial charge in [0.2, 0.25) is 0 Å². The Labute approximate surface area is 122 Å². The molecule has 1 atom stereocenters. The lowest BCUT2D eigenvalue weighted by Crippen LogP contribution is -2.41. The molecule has 0 saturated carbocycles. The average molecular weight is 304 g/mol. The zero-order valence-corrected chi connectivity index (χ0v) is 12.9. The zero-order chi connectivity index (χ0) is 16.1. The van der Waals surface area contributed by atoms with Gasteiger partial charge in [0.1, 0.15) is 0 Å². The van der Waals surface area contributed by atoms with Crippen LogP contribution in [0.5, 0.6) is 0 Å². The molecular formula is C13H20BF3N2O2. The highest BCUT2D eigenvalue weighted by Crippen LogP contribution is 2.36. The van der Waals surface area contributed by atoms with E-state index in [1.165, 1.54) is 17.8 Å². The molecule has 0 bridgehead atoms. The normalized spacial score (nSPS) is 22.6. The van der Waals surface area contributed by atoms with Crippen LogP contribution in [-0.2, 0) is 9.31 Å². The number of aromatic nitrogens is 2. The summed E-state index contributed by atoms with van der Waals surface area (Å²) >= 11 is 0. The van der Waals surface area contributed by atoms with Crippen molar-refractivity contribution in [1.29, 1.82) is 0 Å². The van der Waals surface area contributed by atoms with E-state index in [1.54, 1.807) is 6.20 Å². The van der Waals surface area contributed by atoms with E-state index >= 15 is 0 Å². The van der Waals surface area contributed by atoms with Crippen LogP contribution in [0.2, 0.25) is 0 Å². The molecule has 1 aliphatic rings. The number of hydrogen-bond acceptors (Lipinski definition) is 3. The third-order valence-electron chi connectivity index (χ3n) is 4.13. The average Bonchev–Trinajstić information content (AvgIpc) is 2.80. The number of alkyl halides is 3. The fraction of sp³-hybridized carbons (Fsp3) is 0.769. The molecule has 0 N–H and O–H groups in total. The van der Waals surface area contributed by atoms with Crippen LogP contribution in [0.1, 0.15) is 47.1 Å². The van der Waals surface area contributed by atoms with Gasteiger partial charge in [-0.3, -0.25) is 4.68 Å². The molecule has 1 unspecified atom stereocenters. The fourth-order valence-electron chi connectivity index (χ4n) is 2.12. The van der Waals surface area contributed by atoms with Crippen LogP contribution in [0.15, 0.2) is 12.4 Å². The molecular weight excluding hydrogens is 284 g/mol. The van der Waals surface area contributed by atoms with Gasteiger partial charge in [0.25, 0.3) is 0 Å². The lowest BCUT2D eigenvalue weighted by atomic mass is 9.82. The van der Waals surface area contributed by atoms with Crippen molar-refractivity contribution in [2.75, 3.05) is 0 Å². The van der Waals surface area contributed by atoms with Crippen LogP contribution in [0.4, 0.5) is 13.2 Å². The Balaban J connectivity index is 2.11. The standard InChI is InChI=1S/C13H20BF3N2O2/c1-9(6-13(15,16)17)19-8-10(7-18-19)14-20-11(2,3)12(4,5)21-14/h7-9H,6H2,1-5H3. The monoisotopic (exact) mass is 304 g/mol. The van der Waals surface area contributed by atoms with Gasteiger partial charge in [-0.05, 0) is 34.6 Å². The molecule has 1 aromatic heterocycles. The molecule has 0 aromatic carbocycles. The van der Waals surface area contributed by atoms with Crippen molar-refractivity contribution in [2.24, 2.45) is 0 Å². The van der Waals surface area contributed by atoms with Crippen molar-refractivity contribution < 1.29 is 22.5 Å². The second-order valence-corrected chi connectivity index (χ2v) is 6.51. The molecule has 1 aromatic rings. The third-order valence-corrected chi connectivity index (χ3v) is 4.13. The summed E-state index contributed by atoms with van der Waals surface area (Å²) in [5, 5.41) is 4.00. The largest absolute Gasteiger partial charge is 0.498 e. The van der Waals surface area contributed by atoms with E-state index in [1.807, 2.05) is 27.7 Å². The molecule has 0 radical (unpaired) electrons. The molecule has 1 saturated heterocycles. The van der Waals surface area contributed by atoms with Gasteiger partial charge in [-0.15, -0.1) is 0 Å². The highest BCUT2D eigenvalue weighted by atomic mass is 19.4. The minimum Gasteiger partial charge on any atom is -0.399 e. The first-order chi connectivity index (χ1) is 9.41. The van der Waals surface area contributed by atoms with Crippen LogP contribution in [-0.4, -0.2) is 34.3 Å². The van der Waals surface area contributed by atoms with E-state index in [0.29, 0.717) is 5.46 Å². The molecule has 0 spiro atoms. The summed E-state index contributed by atoms with van der Waals surface area (Å²) in [5.74, 6) is 0. The smallest absolute Gasteiger partial charge is 0.399 e.